The lowest BCUT2D eigenvalue weighted by Gasteiger charge is -2.12. The van der Waals surface area contributed by atoms with Gasteiger partial charge in [-0.2, -0.15) is 0 Å². The number of anilines is 1. The second-order valence-corrected chi connectivity index (χ2v) is 7.11. The van der Waals surface area contributed by atoms with Crippen molar-refractivity contribution in [2.24, 2.45) is 0 Å². The van der Waals surface area contributed by atoms with Gasteiger partial charge in [0.1, 0.15) is 5.82 Å². The van der Waals surface area contributed by atoms with E-state index in [-0.39, 0.29) is 5.43 Å². The van der Waals surface area contributed by atoms with E-state index in [2.05, 4.69) is 12.2 Å². The van der Waals surface area contributed by atoms with Crippen LogP contribution in [0.25, 0.3) is 31.1 Å². The van der Waals surface area contributed by atoms with Crippen LogP contribution in [-0.2, 0) is 0 Å². The minimum atomic E-state index is 0.0357. The van der Waals surface area contributed by atoms with E-state index in [9.17, 15) is 4.79 Å². The number of halogens is 1. The van der Waals surface area contributed by atoms with Crippen LogP contribution in [0.15, 0.2) is 47.3 Å². The molecule has 2 heterocycles. The minimum Gasteiger partial charge on any atom is -0.369 e. The minimum absolute atomic E-state index is 0.0357. The van der Waals surface area contributed by atoms with Gasteiger partial charge in [-0.05, 0) is 24.6 Å². The standard InChI is InChI=1S/C19H15ClN2OS/c1-2-10-21-19-18-15(12-7-5-8-13(20)16(12)22-19)17(23)11-6-3-4-9-14(11)24-18/h3-9H,2,10H2,1H3,(H,21,22). The maximum atomic E-state index is 13.1. The Morgan fingerprint density at radius 3 is 2.75 bits per heavy atom. The number of aromatic nitrogens is 1. The van der Waals surface area contributed by atoms with Crippen LogP contribution in [-0.4, -0.2) is 11.5 Å². The molecule has 5 heteroatoms. The highest BCUT2D eigenvalue weighted by molar-refractivity contribution is 7.25. The summed E-state index contributed by atoms with van der Waals surface area (Å²) in [6.45, 7) is 2.90. The van der Waals surface area contributed by atoms with E-state index in [0.29, 0.717) is 15.9 Å². The van der Waals surface area contributed by atoms with E-state index in [0.717, 1.165) is 39.0 Å². The SMILES string of the molecule is CCCNc1nc2c(Cl)cccc2c2c(=O)c3ccccc3sc12. The Hall–Kier alpha value is -2.17. The Morgan fingerprint density at radius 1 is 1.12 bits per heavy atom. The molecule has 0 fully saturated rings. The van der Waals surface area contributed by atoms with Crippen LogP contribution in [0.5, 0.6) is 0 Å². The summed E-state index contributed by atoms with van der Waals surface area (Å²) in [6, 6.07) is 13.3. The van der Waals surface area contributed by atoms with Crippen LogP contribution in [0.1, 0.15) is 13.3 Å². The maximum absolute atomic E-state index is 13.1. The van der Waals surface area contributed by atoms with Crippen LogP contribution in [0.3, 0.4) is 0 Å². The van der Waals surface area contributed by atoms with Gasteiger partial charge in [-0.25, -0.2) is 4.98 Å². The Morgan fingerprint density at radius 2 is 1.92 bits per heavy atom. The number of nitrogens with zero attached hydrogens (tertiary/aromatic N) is 1. The Kier molecular flexibility index (Phi) is 3.87. The van der Waals surface area contributed by atoms with Crippen molar-refractivity contribution >= 4 is 59.8 Å². The number of nitrogens with one attached hydrogen (secondary N) is 1. The highest BCUT2D eigenvalue weighted by Crippen LogP contribution is 2.35. The van der Waals surface area contributed by atoms with Gasteiger partial charge in [0.15, 0.2) is 5.43 Å². The molecule has 2 aromatic carbocycles. The molecule has 0 saturated carbocycles. The molecule has 0 bridgehead atoms. The third kappa shape index (κ3) is 2.34. The quantitative estimate of drug-likeness (QED) is 0.393. The third-order valence-corrected chi connectivity index (χ3v) is 5.52. The van der Waals surface area contributed by atoms with Crippen molar-refractivity contribution in [2.75, 3.05) is 11.9 Å². The predicted octanol–water partition coefficient (Wildman–Crippen LogP) is 5.44. The van der Waals surface area contributed by atoms with Gasteiger partial charge in [-0.1, -0.05) is 42.8 Å². The monoisotopic (exact) mass is 354 g/mol. The van der Waals surface area contributed by atoms with Gasteiger partial charge in [0.25, 0.3) is 0 Å². The highest BCUT2D eigenvalue weighted by atomic mass is 35.5. The number of rotatable bonds is 3. The largest absolute Gasteiger partial charge is 0.369 e. The lowest BCUT2D eigenvalue weighted by atomic mass is 10.1. The van der Waals surface area contributed by atoms with E-state index in [1.165, 1.54) is 0 Å². The molecule has 4 rings (SSSR count). The van der Waals surface area contributed by atoms with Crippen molar-refractivity contribution in [3.63, 3.8) is 0 Å². The number of para-hydroxylation sites is 1. The number of hydrogen-bond donors (Lipinski definition) is 1. The number of fused-ring (bicyclic) bond motifs is 4. The molecule has 0 saturated heterocycles. The molecule has 0 spiro atoms. The average Bonchev–Trinajstić information content (AvgIpc) is 2.60. The van der Waals surface area contributed by atoms with Crippen LogP contribution in [0, 0.1) is 0 Å². The van der Waals surface area contributed by atoms with E-state index < -0.39 is 0 Å². The number of hydrogen-bond acceptors (Lipinski definition) is 4. The summed E-state index contributed by atoms with van der Waals surface area (Å²) < 4.78 is 1.86. The number of pyridine rings is 1. The smallest absolute Gasteiger partial charge is 0.196 e. The van der Waals surface area contributed by atoms with Crippen LogP contribution in [0.4, 0.5) is 5.82 Å². The predicted molar refractivity (Wildman–Crippen MR) is 105 cm³/mol. The maximum Gasteiger partial charge on any atom is 0.196 e. The molecule has 1 N–H and O–H groups in total. The first-order chi connectivity index (χ1) is 11.7. The highest BCUT2D eigenvalue weighted by Gasteiger charge is 2.15. The zero-order valence-corrected chi connectivity index (χ0v) is 14.7. The molecular formula is C19H15ClN2OS. The summed E-state index contributed by atoms with van der Waals surface area (Å²) in [4.78, 5) is 17.9. The average molecular weight is 355 g/mol. The Labute approximate surface area is 147 Å². The van der Waals surface area contributed by atoms with Crippen LogP contribution in [0.2, 0.25) is 5.02 Å². The first-order valence-electron chi connectivity index (χ1n) is 7.88. The first kappa shape index (κ1) is 15.4. The normalized spacial score (nSPS) is 11.4. The molecule has 0 aliphatic rings. The second kappa shape index (κ2) is 6.04. The lowest BCUT2D eigenvalue weighted by molar-refractivity contribution is 0.974. The summed E-state index contributed by atoms with van der Waals surface area (Å²) in [5.41, 5.74) is 0.707. The molecule has 0 amide bonds. The molecule has 4 aromatic rings. The van der Waals surface area contributed by atoms with E-state index >= 15 is 0 Å². The van der Waals surface area contributed by atoms with Gasteiger partial charge < -0.3 is 5.32 Å². The van der Waals surface area contributed by atoms with Gasteiger partial charge in [0.2, 0.25) is 0 Å². The van der Waals surface area contributed by atoms with Crippen molar-refractivity contribution in [1.82, 2.24) is 4.98 Å². The fourth-order valence-electron chi connectivity index (χ4n) is 2.91. The Bertz CT molecular complexity index is 1140. The fraction of sp³-hybridized carbons (Fsp3) is 0.158. The van der Waals surface area contributed by atoms with Gasteiger partial charge in [-0.3, -0.25) is 4.79 Å². The van der Waals surface area contributed by atoms with E-state index in [1.807, 2.05) is 36.4 Å². The molecule has 120 valence electrons. The Balaban J connectivity index is 2.24. The zero-order chi connectivity index (χ0) is 16.7. The summed E-state index contributed by atoms with van der Waals surface area (Å²) in [6.07, 6.45) is 0.978. The van der Waals surface area contributed by atoms with Crippen LogP contribution >= 0.6 is 22.9 Å². The molecular weight excluding hydrogens is 340 g/mol. The van der Waals surface area contributed by atoms with E-state index in [4.69, 9.17) is 16.6 Å². The molecule has 0 aliphatic carbocycles. The van der Waals surface area contributed by atoms with Crippen molar-refractivity contribution in [1.29, 1.82) is 0 Å². The molecule has 3 nitrogen and oxygen atoms in total. The summed E-state index contributed by atoms with van der Waals surface area (Å²) in [5.74, 6) is 0.736. The third-order valence-electron chi connectivity index (χ3n) is 4.04. The molecule has 0 unspecified atom stereocenters. The molecule has 24 heavy (non-hydrogen) atoms. The zero-order valence-electron chi connectivity index (χ0n) is 13.1. The fourth-order valence-corrected chi connectivity index (χ4v) is 4.28. The first-order valence-corrected chi connectivity index (χ1v) is 9.08. The van der Waals surface area contributed by atoms with Gasteiger partial charge in [0.05, 0.1) is 20.6 Å². The molecule has 0 atom stereocenters. The van der Waals surface area contributed by atoms with Crippen molar-refractivity contribution in [3.8, 4) is 0 Å². The summed E-state index contributed by atoms with van der Waals surface area (Å²) >= 11 is 7.94. The number of benzene rings is 2. The van der Waals surface area contributed by atoms with Gasteiger partial charge in [0, 0.05) is 22.0 Å². The van der Waals surface area contributed by atoms with Crippen molar-refractivity contribution in [3.05, 3.63) is 57.7 Å². The molecule has 2 aromatic heterocycles. The lowest BCUT2D eigenvalue weighted by Crippen LogP contribution is -2.07. The second-order valence-electron chi connectivity index (χ2n) is 5.65. The van der Waals surface area contributed by atoms with Gasteiger partial charge in [-0.15, -0.1) is 11.3 Å². The van der Waals surface area contributed by atoms with Crippen molar-refractivity contribution in [2.45, 2.75) is 13.3 Å². The topological polar surface area (TPSA) is 42.0 Å². The van der Waals surface area contributed by atoms with Gasteiger partial charge >= 0.3 is 0 Å². The molecule has 0 aliphatic heterocycles. The summed E-state index contributed by atoms with van der Waals surface area (Å²) in [5, 5.41) is 6.16. The van der Waals surface area contributed by atoms with Crippen LogP contribution < -0.4 is 10.7 Å². The van der Waals surface area contributed by atoms with E-state index in [1.54, 1.807) is 17.4 Å². The van der Waals surface area contributed by atoms with Crippen molar-refractivity contribution < 1.29 is 0 Å². The molecule has 0 radical (unpaired) electrons. The summed E-state index contributed by atoms with van der Waals surface area (Å²) in [7, 11) is 0.